The molecule has 0 fully saturated rings. The molecule has 0 aliphatic rings. The summed E-state index contributed by atoms with van der Waals surface area (Å²) in [6, 6.07) is 0. The number of unbranched alkanes of at least 4 members (excludes halogenated alkanes) is 24. The predicted octanol–water partition coefficient (Wildman–Crippen LogP) is 14.2. The lowest BCUT2D eigenvalue weighted by atomic mass is 10.0. The Morgan fingerprint density at radius 2 is 0.717 bits per heavy atom. The van der Waals surface area contributed by atoms with Gasteiger partial charge in [-0.15, -0.1) is 0 Å². The van der Waals surface area contributed by atoms with E-state index in [9.17, 15) is 14.4 Å². The molecule has 0 aliphatic heterocycles. The van der Waals surface area contributed by atoms with Crippen LogP contribution in [-0.2, 0) is 28.6 Å². The molecule has 6 heteroatoms. The van der Waals surface area contributed by atoms with Gasteiger partial charge < -0.3 is 14.2 Å². The average molecular weight is 745 g/mol. The van der Waals surface area contributed by atoms with Crippen LogP contribution in [0.25, 0.3) is 0 Å². The van der Waals surface area contributed by atoms with Crippen LogP contribution in [0.3, 0.4) is 0 Å². The summed E-state index contributed by atoms with van der Waals surface area (Å²) < 4.78 is 16.6. The molecule has 0 saturated heterocycles. The van der Waals surface area contributed by atoms with Crippen molar-refractivity contribution in [3.05, 3.63) is 36.5 Å². The molecular formula is C47H84O6. The van der Waals surface area contributed by atoms with E-state index in [2.05, 4.69) is 57.2 Å². The fraction of sp³-hybridized carbons (Fsp3) is 0.809. The maximum absolute atomic E-state index is 12.7. The average Bonchev–Trinajstić information content (AvgIpc) is 3.15. The zero-order valence-corrected chi connectivity index (χ0v) is 35.0. The van der Waals surface area contributed by atoms with Crippen LogP contribution in [0.5, 0.6) is 0 Å². The number of carbonyl (C=O) groups is 3. The highest BCUT2D eigenvalue weighted by Crippen LogP contribution is 2.15. The highest BCUT2D eigenvalue weighted by Gasteiger charge is 2.19. The second-order valence-corrected chi connectivity index (χ2v) is 15.0. The Hall–Kier alpha value is -2.37. The first-order valence-electron chi connectivity index (χ1n) is 22.5. The van der Waals surface area contributed by atoms with E-state index in [1.54, 1.807) is 0 Å². The summed E-state index contributed by atoms with van der Waals surface area (Å²) in [6.07, 6.45) is 47.1. The molecular weight excluding hydrogens is 661 g/mol. The Balaban J connectivity index is 4.37. The first kappa shape index (κ1) is 50.6. The quantitative estimate of drug-likeness (QED) is 0.0204. The minimum atomic E-state index is -0.790. The minimum Gasteiger partial charge on any atom is -0.462 e. The molecule has 0 aromatic heterocycles. The maximum atomic E-state index is 12.7. The molecule has 308 valence electrons. The van der Waals surface area contributed by atoms with Crippen molar-refractivity contribution in [2.45, 2.75) is 232 Å². The van der Waals surface area contributed by atoms with Gasteiger partial charge in [0.1, 0.15) is 13.2 Å². The van der Waals surface area contributed by atoms with Crippen LogP contribution in [-0.4, -0.2) is 37.2 Å². The van der Waals surface area contributed by atoms with Crippen molar-refractivity contribution < 1.29 is 28.6 Å². The molecule has 0 spiro atoms. The van der Waals surface area contributed by atoms with E-state index in [1.807, 2.05) is 0 Å². The van der Waals surface area contributed by atoms with Crippen LogP contribution < -0.4 is 0 Å². The third kappa shape index (κ3) is 40.6. The number of carbonyl (C=O) groups excluding carboxylic acids is 3. The van der Waals surface area contributed by atoms with Crippen molar-refractivity contribution in [1.29, 1.82) is 0 Å². The van der Waals surface area contributed by atoms with E-state index in [-0.39, 0.29) is 31.1 Å². The van der Waals surface area contributed by atoms with E-state index in [1.165, 1.54) is 116 Å². The van der Waals surface area contributed by atoms with Crippen LogP contribution >= 0.6 is 0 Å². The van der Waals surface area contributed by atoms with Gasteiger partial charge in [0.15, 0.2) is 6.10 Å². The number of hydrogen-bond donors (Lipinski definition) is 0. The first-order chi connectivity index (χ1) is 26.0. The molecule has 0 saturated carbocycles. The van der Waals surface area contributed by atoms with Gasteiger partial charge in [0.2, 0.25) is 0 Å². The van der Waals surface area contributed by atoms with Crippen LogP contribution in [0.15, 0.2) is 36.5 Å². The lowest BCUT2D eigenvalue weighted by Crippen LogP contribution is -2.30. The second kappa shape index (κ2) is 42.4. The van der Waals surface area contributed by atoms with Gasteiger partial charge in [0.25, 0.3) is 0 Å². The number of rotatable bonds is 40. The van der Waals surface area contributed by atoms with Gasteiger partial charge in [-0.1, -0.05) is 186 Å². The molecule has 0 amide bonds. The third-order valence-corrected chi connectivity index (χ3v) is 9.65. The molecule has 0 rings (SSSR count). The first-order valence-corrected chi connectivity index (χ1v) is 22.5. The van der Waals surface area contributed by atoms with Gasteiger partial charge >= 0.3 is 17.9 Å². The molecule has 1 atom stereocenters. The van der Waals surface area contributed by atoms with Crippen molar-refractivity contribution >= 4 is 17.9 Å². The summed E-state index contributed by atoms with van der Waals surface area (Å²) in [5.74, 6) is -0.954. The monoisotopic (exact) mass is 745 g/mol. The zero-order chi connectivity index (χ0) is 38.7. The largest absolute Gasteiger partial charge is 0.462 e. The number of hydrogen-bond acceptors (Lipinski definition) is 6. The Morgan fingerprint density at radius 1 is 0.377 bits per heavy atom. The van der Waals surface area contributed by atoms with Crippen LogP contribution in [0.4, 0.5) is 0 Å². The Morgan fingerprint density at radius 3 is 1.21 bits per heavy atom. The lowest BCUT2D eigenvalue weighted by Gasteiger charge is -2.18. The van der Waals surface area contributed by atoms with Gasteiger partial charge in [0.05, 0.1) is 0 Å². The predicted molar refractivity (Wildman–Crippen MR) is 224 cm³/mol. The standard InChI is InChI=1S/C47H84O6/c1-4-7-10-13-16-19-21-22-23-24-26-28-31-34-37-40-46(49)52-43-44(42-51-45(48)39-36-33-30-27-18-15-12-9-6-3)53-47(50)41-38-35-32-29-25-20-17-14-11-8-5-2/h14,17,20,25,27,30,44H,4-13,15-16,18-19,21-24,26,28-29,31-43H2,1-3H3/b17-14-,25-20-,30-27-. The van der Waals surface area contributed by atoms with Gasteiger partial charge in [-0.2, -0.15) is 0 Å². The highest BCUT2D eigenvalue weighted by atomic mass is 16.6. The summed E-state index contributed by atoms with van der Waals surface area (Å²) in [5, 5.41) is 0. The maximum Gasteiger partial charge on any atom is 0.306 e. The van der Waals surface area contributed by atoms with E-state index in [4.69, 9.17) is 14.2 Å². The van der Waals surface area contributed by atoms with Crippen LogP contribution in [0.2, 0.25) is 0 Å². The molecule has 0 aromatic rings. The number of ether oxygens (including phenoxy) is 3. The molecule has 0 aromatic carbocycles. The third-order valence-electron chi connectivity index (χ3n) is 9.65. The smallest absolute Gasteiger partial charge is 0.306 e. The van der Waals surface area contributed by atoms with E-state index >= 15 is 0 Å². The summed E-state index contributed by atoms with van der Waals surface area (Å²) in [6.45, 7) is 6.50. The Kier molecular flexibility index (Phi) is 40.5. The molecule has 0 N–H and O–H groups in total. The van der Waals surface area contributed by atoms with Crippen molar-refractivity contribution in [1.82, 2.24) is 0 Å². The summed E-state index contributed by atoms with van der Waals surface area (Å²) in [7, 11) is 0. The van der Waals surface area contributed by atoms with E-state index < -0.39 is 6.10 Å². The van der Waals surface area contributed by atoms with Gasteiger partial charge in [-0.05, 0) is 57.8 Å². The fourth-order valence-corrected chi connectivity index (χ4v) is 6.19. The molecule has 6 nitrogen and oxygen atoms in total. The molecule has 53 heavy (non-hydrogen) atoms. The Labute approximate surface area is 327 Å². The molecule has 1 unspecified atom stereocenters. The molecule has 0 heterocycles. The van der Waals surface area contributed by atoms with Crippen molar-refractivity contribution in [3.63, 3.8) is 0 Å². The van der Waals surface area contributed by atoms with Crippen molar-refractivity contribution in [2.24, 2.45) is 0 Å². The normalized spacial score (nSPS) is 12.3. The van der Waals surface area contributed by atoms with Gasteiger partial charge in [0, 0.05) is 19.3 Å². The molecule has 0 bridgehead atoms. The number of allylic oxidation sites excluding steroid dienone is 6. The summed E-state index contributed by atoms with van der Waals surface area (Å²) in [5.41, 5.74) is 0. The molecule has 0 aliphatic carbocycles. The van der Waals surface area contributed by atoms with Crippen molar-refractivity contribution in [2.75, 3.05) is 13.2 Å². The zero-order valence-electron chi connectivity index (χ0n) is 35.0. The van der Waals surface area contributed by atoms with Gasteiger partial charge in [-0.25, -0.2) is 0 Å². The van der Waals surface area contributed by atoms with Crippen LogP contribution in [0, 0.1) is 0 Å². The summed E-state index contributed by atoms with van der Waals surface area (Å²) >= 11 is 0. The minimum absolute atomic E-state index is 0.0894. The number of esters is 3. The topological polar surface area (TPSA) is 78.9 Å². The molecule has 0 radical (unpaired) electrons. The summed E-state index contributed by atoms with van der Waals surface area (Å²) in [4.78, 5) is 37.6. The van der Waals surface area contributed by atoms with E-state index in [0.29, 0.717) is 25.7 Å². The fourth-order valence-electron chi connectivity index (χ4n) is 6.19. The van der Waals surface area contributed by atoms with E-state index in [0.717, 1.165) is 64.2 Å². The van der Waals surface area contributed by atoms with Gasteiger partial charge in [-0.3, -0.25) is 14.4 Å². The van der Waals surface area contributed by atoms with Crippen LogP contribution in [0.1, 0.15) is 226 Å². The van der Waals surface area contributed by atoms with Crippen molar-refractivity contribution in [3.8, 4) is 0 Å². The highest BCUT2D eigenvalue weighted by molar-refractivity contribution is 5.71. The second-order valence-electron chi connectivity index (χ2n) is 15.0. The Bertz CT molecular complexity index is 907. The lowest BCUT2D eigenvalue weighted by molar-refractivity contribution is -0.167. The SMILES string of the molecule is CCCC/C=C\C=C/CCCCCC(=O)OC(COC(=O)CCC/C=C\CCCCCC)COC(=O)CCCCCCCCCCCCCCCCC.